The van der Waals surface area contributed by atoms with Gasteiger partial charge in [0.15, 0.2) is 5.65 Å². The monoisotopic (exact) mass is 298 g/mol. The van der Waals surface area contributed by atoms with Crippen molar-refractivity contribution in [3.63, 3.8) is 0 Å². The van der Waals surface area contributed by atoms with Crippen LogP contribution >= 0.6 is 23.4 Å². The first-order chi connectivity index (χ1) is 9.05. The van der Waals surface area contributed by atoms with Gasteiger partial charge in [0.1, 0.15) is 5.52 Å². The smallest absolute Gasteiger partial charge is 0.202 e. The van der Waals surface area contributed by atoms with Crippen molar-refractivity contribution in [1.29, 1.82) is 0 Å². The topological polar surface area (TPSA) is 56.7 Å². The highest BCUT2D eigenvalue weighted by atomic mass is 35.5. The first kappa shape index (κ1) is 14.5. The normalized spacial score (nSPS) is 12.2. The summed E-state index contributed by atoms with van der Waals surface area (Å²) in [6.07, 6.45) is 5.95. The number of halogens is 1. The average molecular weight is 299 g/mol. The van der Waals surface area contributed by atoms with Crippen LogP contribution in [0.4, 0.5) is 5.95 Å². The van der Waals surface area contributed by atoms with Gasteiger partial charge < -0.3 is 5.73 Å². The summed E-state index contributed by atoms with van der Waals surface area (Å²) in [6, 6.07) is 1.80. The zero-order valence-electron chi connectivity index (χ0n) is 11.5. The quantitative estimate of drug-likeness (QED) is 0.916. The van der Waals surface area contributed by atoms with Gasteiger partial charge in [-0.05, 0) is 25.2 Å². The highest BCUT2D eigenvalue weighted by molar-refractivity contribution is 8.00. The number of hydrogen-bond donors (Lipinski definition) is 1. The maximum absolute atomic E-state index is 6.03. The molecule has 0 spiro atoms. The van der Waals surface area contributed by atoms with Crippen LogP contribution in [0.1, 0.15) is 26.7 Å². The molecule has 2 aromatic heterocycles. The van der Waals surface area contributed by atoms with Crippen LogP contribution < -0.4 is 5.73 Å². The van der Waals surface area contributed by atoms with Crippen molar-refractivity contribution in [3.8, 4) is 0 Å². The summed E-state index contributed by atoms with van der Waals surface area (Å²) in [5.41, 5.74) is 7.60. The maximum atomic E-state index is 6.03. The Morgan fingerprint density at radius 1 is 1.42 bits per heavy atom. The number of rotatable bonds is 5. The van der Waals surface area contributed by atoms with Gasteiger partial charge in [-0.3, -0.25) is 4.57 Å². The minimum Gasteiger partial charge on any atom is -0.369 e. The van der Waals surface area contributed by atoms with Crippen LogP contribution in [0.2, 0.25) is 5.02 Å². The first-order valence-electron chi connectivity index (χ1n) is 6.37. The van der Waals surface area contributed by atoms with Crippen molar-refractivity contribution < 1.29 is 0 Å². The number of thioether (sulfide) groups is 1. The molecule has 0 atom stereocenters. The number of fused-ring (bicyclic) bond motifs is 1. The van der Waals surface area contributed by atoms with Crippen LogP contribution in [0.5, 0.6) is 0 Å². The van der Waals surface area contributed by atoms with E-state index >= 15 is 0 Å². The first-order valence-corrected chi connectivity index (χ1v) is 7.98. The van der Waals surface area contributed by atoms with Crippen molar-refractivity contribution >= 4 is 40.5 Å². The van der Waals surface area contributed by atoms with Crippen molar-refractivity contribution in [3.05, 3.63) is 17.3 Å². The Morgan fingerprint density at radius 3 is 2.68 bits per heavy atom. The second kappa shape index (κ2) is 5.59. The fraction of sp³-hybridized carbons (Fsp3) is 0.538. The van der Waals surface area contributed by atoms with Gasteiger partial charge >= 0.3 is 0 Å². The van der Waals surface area contributed by atoms with E-state index in [2.05, 4.69) is 30.1 Å². The summed E-state index contributed by atoms with van der Waals surface area (Å²) in [7, 11) is 0. The highest BCUT2D eigenvalue weighted by Crippen LogP contribution is 2.34. The fourth-order valence-electron chi connectivity index (χ4n) is 2.27. The van der Waals surface area contributed by atoms with Gasteiger partial charge in [0, 0.05) is 17.5 Å². The molecule has 0 saturated carbocycles. The second-order valence-corrected chi connectivity index (χ2v) is 6.36. The van der Waals surface area contributed by atoms with Crippen LogP contribution in [0.25, 0.3) is 11.2 Å². The average Bonchev–Trinajstić information content (AvgIpc) is 2.71. The predicted molar refractivity (Wildman–Crippen MR) is 83.8 cm³/mol. The third-order valence-electron chi connectivity index (χ3n) is 3.75. The number of nitrogens with zero attached hydrogens (tertiary/aromatic N) is 3. The van der Waals surface area contributed by atoms with Gasteiger partial charge in [0.05, 0.1) is 5.02 Å². The zero-order valence-corrected chi connectivity index (χ0v) is 13.1. The van der Waals surface area contributed by atoms with Crippen molar-refractivity contribution in [2.45, 2.75) is 38.0 Å². The number of aromatic nitrogens is 3. The molecular formula is C13H19ClN4S. The van der Waals surface area contributed by atoms with E-state index in [0.29, 0.717) is 11.0 Å². The molecule has 4 nitrogen and oxygen atoms in total. The molecule has 2 N–H and O–H groups in total. The van der Waals surface area contributed by atoms with E-state index in [1.807, 2.05) is 16.3 Å². The second-order valence-electron chi connectivity index (χ2n) is 4.65. The zero-order chi connectivity index (χ0) is 14.0. The largest absolute Gasteiger partial charge is 0.369 e. The summed E-state index contributed by atoms with van der Waals surface area (Å²) < 4.78 is 2.16. The lowest BCUT2D eigenvalue weighted by Gasteiger charge is -2.30. The van der Waals surface area contributed by atoms with Gasteiger partial charge in [-0.1, -0.05) is 25.4 Å². The van der Waals surface area contributed by atoms with Crippen molar-refractivity contribution in [2.24, 2.45) is 0 Å². The van der Waals surface area contributed by atoms with Crippen LogP contribution in [0.15, 0.2) is 12.3 Å². The van der Waals surface area contributed by atoms with Crippen molar-refractivity contribution in [2.75, 3.05) is 12.0 Å². The molecule has 0 aliphatic rings. The van der Waals surface area contributed by atoms with Crippen LogP contribution in [-0.2, 0) is 6.54 Å². The number of hydrogen-bond acceptors (Lipinski definition) is 4. The lowest BCUT2D eigenvalue weighted by atomic mass is 10.0. The van der Waals surface area contributed by atoms with Gasteiger partial charge in [-0.25, -0.2) is 9.97 Å². The Morgan fingerprint density at radius 2 is 2.11 bits per heavy atom. The van der Waals surface area contributed by atoms with E-state index in [9.17, 15) is 0 Å². The van der Waals surface area contributed by atoms with E-state index < -0.39 is 0 Å². The van der Waals surface area contributed by atoms with E-state index in [0.717, 1.165) is 30.6 Å². The molecule has 0 aliphatic carbocycles. The Bertz CT molecular complexity index is 569. The van der Waals surface area contributed by atoms with Gasteiger partial charge in [0.2, 0.25) is 5.95 Å². The molecule has 2 heterocycles. The van der Waals surface area contributed by atoms with Gasteiger partial charge in [-0.15, -0.1) is 0 Å². The predicted octanol–water partition coefficient (Wildman–Crippen LogP) is 3.59. The molecule has 0 bridgehead atoms. The fourth-order valence-corrected chi connectivity index (χ4v) is 3.26. The van der Waals surface area contributed by atoms with Gasteiger partial charge in [-0.2, -0.15) is 11.8 Å². The molecule has 104 valence electrons. The molecule has 0 aliphatic heterocycles. The lowest BCUT2D eigenvalue weighted by molar-refractivity contribution is 0.475. The minimum absolute atomic E-state index is 0.170. The van der Waals surface area contributed by atoms with Crippen LogP contribution in [-0.4, -0.2) is 25.5 Å². The molecule has 0 amide bonds. The molecule has 0 unspecified atom stereocenters. The van der Waals surface area contributed by atoms with Crippen molar-refractivity contribution in [1.82, 2.24) is 14.5 Å². The van der Waals surface area contributed by atoms with E-state index in [1.165, 1.54) is 0 Å². The summed E-state index contributed by atoms with van der Waals surface area (Å²) >= 11 is 7.82. The maximum Gasteiger partial charge on any atom is 0.202 e. The molecular weight excluding hydrogens is 280 g/mol. The SMILES string of the molecule is CCC(CC)(Cn1c(N)nc2cc(Cl)cnc21)SC. The molecule has 0 aromatic carbocycles. The van der Waals surface area contributed by atoms with Crippen LogP contribution in [0.3, 0.4) is 0 Å². The number of anilines is 1. The molecule has 6 heteroatoms. The molecule has 0 radical (unpaired) electrons. The summed E-state index contributed by atoms with van der Waals surface area (Å²) in [6.45, 7) is 5.23. The Kier molecular flexibility index (Phi) is 4.26. The summed E-state index contributed by atoms with van der Waals surface area (Å²) in [5, 5.41) is 0.583. The lowest BCUT2D eigenvalue weighted by Crippen LogP contribution is -2.29. The number of imidazole rings is 1. The number of nitrogen functional groups attached to an aromatic ring is 1. The van der Waals surface area contributed by atoms with E-state index in [4.69, 9.17) is 17.3 Å². The number of nitrogens with two attached hydrogens (primary N) is 1. The molecule has 2 rings (SSSR count). The number of pyridine rings is 1. The molecule has 0 fully saturated rings. The van der Waals surface area contributed by atoms with Crippen LogP contribution in [0, 0.1) is 0 Å². The summed E-state index contributed by atoms with van der Waals surface area (Å²) in [5.74, 6) is 0.505. The molecule has 2 aromatic rings. The summed E-state index contributed by atoms with van der Waals surface area (Å²) in [4.78, 5) is 8.71. The Hall–Kier alpha value is -0.940. The molecule has 0 saturated heterocycles. The standard InChI is InChI=1S/C13H19ClN4S/c1-4-13(5-2,19-3)8-18-11-10(17-12(18)15)6-9(14)7-16-11/h6-7H,4-5,8H2,1-3H3,(H2,15,17). The third-order valence-corrected chi connectivity index (χ3v) is 5.53. The third kappa shape index (κ3) is 2.67. The Balaban J connectivity index is 2.47. The van der Waals surface area contributed by atoms with E-state index in [1.54, 1.807) is 12.3 Å². The highest BCUT2D eigenvalue weighted by Gasteiger charge is 2.27. The van der Waals surface area contributed by atoms with E-state index in [-0.39, 0.29) is 4.75 Å². The Labute approximate surface area is 122 Å². The minimum atomic E-state index is 0.170. The molecule has 19 heavy (non-hydrogen) atoms. The van der Waals surface area contributed by atoms with Gasteiger partial charge in [0.25, 0.3) is 0 Å².